The Morgan fingerprint density at radius 1 is 1.07 bits per heavy atom. The molecule has 1 heterocycles. The summed E-state index contributed by atoms with van der Waals surface area (Å²) in [5.74, 6) is -0.159. The first-order valence-electron chi connectivity index (χ1n) is 5.35. The van der Waals surface area contributed by atoms with E-state index in [-0.39, 0.29) is 5.85 Å². The molecule has 0 radical (unpaired) electrons. The predicted molar refractivity (Wildman–Crippen MR) is 62.7 cm³/mol. The lowest BCUT2D eigenvalue weighted by molar-refractivity contribution is -0.179. The third-order valence-corrected chi connectivity index (χ3v) is 5.56. The summed E-state index contributed by atoms with van der Waals surface area (Å²) in [4.78, 5) is 4.42. The van der Waals surface area contributed by atoms with Gasteiger partial charge in [0.25, 0.3) is 0 Å². The topological polar surface area (TPSA) is 15.7 Å². The van der Waals surface area contributed by atoms with E-state index in [1.165, 1.54) is 12.5 Å². The lowest BCUT2D eigenvalue weighted by atomic mass is 10.2. The van der Waals surface area contributed by atoms with E-state index in [4.69, 9.17) is 4.43 Å². The molecule has 0 amide bonds. The van der Waals surface area contributed by atoms with E-state index in [1.54, 1.807) is 0 Å². The third-order valence-electron chi connectivity index (χ3n) is 3.12. The van der Waals surface area contributed by atoms with Gasteiger partial charge in [0.05, 0.1) is 0 Å². The second-order valence-corrected chi connectivity index (χ2v) is 9.47. The van der Waals surface area contributed by atoms with Gasteiger partial charge in [0.1, 0.15) is 0 Å². The molecule has 0 bridgehead atoms. The summed E-state index contributed by atoms with van der Waals surface area (Å²) in [6, 6.07) is 1.29. The molecule has 0 saturated carbocycles. The van der Waals surface area contributed by atoms with Gasteiger partial charge in [0.15, 0.2) is 14.2 Å². The molecule has 0 N–H and O–H groups in total. The lowest BCUT2D eigenvalue weighted by Crippen LogP contribution is -2.63. The largest absolute Gasteiger partial charge is 0.388 e. The molecule has 3 nitrogen and oxygen atoms in total. The number of rotatable bonds is 2. The van der Waals surface area contributed by atoms with Crippen molar-refractivity contribution in [2.24, 2.45) is 0 Å². The van der Waals surface area contributed by atoms with Crippen molar-refractivity contribution in [2.45, 2.75) is 37.8 Å². The molecule has 84 valence electrons. The minimum atomic E-state index is -1.43. The number of hydrogen-bond donors (Lipinski definition) is 0. The second-order valence-electron chi connectivity index (χ2n) is 5.25. The molecule has 0 spiro atoms. The highest BCUT2D eigenvalue weighted by Crippen LogP contribution is 2.35. The monoisotopic (exact) mass is 216 g/mol. The maximum Gasteiger partial charge on any atom is 0.191 e. The highest BCUT2D eigenvalue weighted by Gasteiger charge is 2.45. The molecule has 4 heteroatoms. The van der Waals surface area contributed by atoms with E-state index in [0.717, 1.165) is 6.42 Å². The van der Waals surface area contributed by atoms with Crippen molar-refractivity contribution in [3.63, 3.8) is 0 Å². The standard InChI is InChI=1S/C10H24N2OSi/c1-11(2)10(12(3)4)8-7-9-14(5,6)13-10/h7-9H2,1-6H3. The van der Waals surface area contributed by atoms with Gasteiger partial charge in [-0.15, -0.1) is 0 Å². The zero-order valence-corrected chi connectivity index (χ0v) is 11.4. The number of hydrogen-bond acceptors (Lipinski definition) is 3. The minimum absolute atomic E-state index is 0.159. The van der Waals surface area contributed by atoms with Crippen LogP contribution in [-0.4, -0.2) is 52.2 Å². The lowest BCUT2D eigenvalue weighted by Gasteiger charge is -2.52. The SMILES string of the molecule is CN(C)C1(N(C)C)CCC[Si](C)(C)O1. The van der Waals surface area contributed by atoms with Crippen LogP contribution in [0.4, 0.5) is 0 Å². The van der Waals surface area contributed by atoms with Gasteiger partial charge in [-0.1, -0.05) is 0 Å². The minimum Gasteiger partial charge on any atom is -0.388 e. The number of nitrogens with zero attached hydrogens (tertiary/aromatic N) is 2. The molecule has 0 aliphatic carbocycles. The van der Waals surface area contributed by atoms with Crippen molar-refractivity contribution in [1.82, 2.24) is 9.80 Å². The Balaban J connectivity index is 2.88. The fourth-order valence-corrected chi connectivity index (χ4v) is 4.80. The van der Waals surface area contributed by atoms with Gasteiger partial charge in [-0.3, -0.25) is 9.80 Å². The van der Waals surface area contributed by atoms with Crippen LogP contribution in [0.3, 0.4) is 0 Å². The van der Waals surface area contributed by atoms with Crippen LogP contribution in [0.15, 0.2) is 0 Å². The van der Waals surface area contributed by atoms with Crippen LogP contribution in [0.25, 0.3) is 0 Å². The molecule has 0 aromatic carbocycles. The molecule has 1 aliphatic rings. The Hall–Kier alpha value is 0.0969. The van der Waals surface area contributed by atoms with Crippen molar-refractivity contribution in [3.05, 3.63) is 0 Å². The van der Waals surface area contributed by atoms with Gasteiger partial charge in [-0.2, -0.15) is 0 Å². The Bertz CT molecular complexity index is 196. The molecule has 1 rings (SSSR count). The zero-order chi connectivity index (χ0) is 11.0. The van der Waals surface area contributed by atoms with Crippen LogP contribution >= 0.6 is 0 Å². The van der Waals surface area contributed by atoms with Crippen LogP contribution in [0, 0.1) is 0 Å². The molecule has 0 aromatic heterocycles. The summed E-state index contributed by atoms with van der Waals surface area (Å²) in [5, 5.41) is 0. The van der Waals surface area contributed by atoms with Gasteiger partial charge >= 0.3 is 0 Å². The second kappa shape index (κ2) is 3.93. The molecular formula is C10H24N2OSi. The molecule has 1 aliphatic heterocycles. The van der Waals surface area contributed by atoms with Crippen molar-refractivity contribution in [1.29, 1.82) is 0 Å². The smallest absolute Gasteiger partial charge is 0.191 e. The Kier molecular flexibility index (Phi) is 3.41. The predicted octanol–water partition coefficient (Wildman–Crippen LogP) is 1.78. The fourth-order valence-electron chi connectivity index (χ4n) is 2.32. The normalized spacial score (nSPS) is 25.7. The fraction of sp³-hybridized carbons (Fsp3) is 1.00. The van der Waals surface area contributed by atoms with Gasteiger partial charge in [-0.25, -0.2) is 0 Å². The van der Waals surface area contributed by atoms with Crippen LogP contribution < -0.4 is 0 Å². The molecule has 0 unspecified atom stereocenters. The Morgan fingerprint density at radius 3 is 1.86 bits per heavy atom. The zero-order valence-electron chi connectivity index (χ0n) is 10.4. The average molecular weight is 216 g/mol. The van der Waals surface area contributed by atoms with Crippen molar-refractivity contribution in [2.75, 3.05) is 28.2 Å². The van der Waals surface area contributed by atoms with Crippen LogP contribution in [-0.2, 0) is 4.43 Å². The summed E-state index contributed by atoms with van der Waals surface area (Å²) in [6.07, 6.45) is 2.40. The van der Waals surface area contributed by atoms with E-state index in [0.29, 0.717) is 0 Å². The Morgan fingerprint density at radius 2 is 1.57 bits per heavy atom. The summed E-state index contributed by atoms with van der Waals surface area (Å²) in [6.45, 7) is 4.63. The van der Waals surface area contributed by atoms with Crippen molar-refractivity contribution in [3.8, 4) is 0 Å². The van der Waals surface area contributed by atoms with E-state index in [1.807, 2.05) is 0 Å². The molecule has 0 aromatic rings. The first kappa shape index (κ1) is 12.2. The van der Waals surface area contributed by atoms with E-state index in [2.05, 4.69) is 51.1 Å². The molecule has 1 saturated heterocycles. The van der Waals surface area contributed by atoms with Crippen LogP contribution in [0.5, 0.6) is 0 Å². The van der Waals surface area contributed by atoms with Gasteiger partial charge in [0, 0.05) is 6.42 Å². The molecular weight excluding hydrogens is 192 g/mol. The summed E-state index contributed by atoms with van der Waals surface area (Å²) in [5.41, 5.74) is 0. The average Bonchev–Trinajstić information content (AvgIpc) is 2.01. The van der Waals surface area contributed by atoms with Gasteiger partial charge in [0.2, 0.25) is 0 Å². The Labute approximate surface area is 89.2 Å². The molecule has 1 fully saturated rings. The van der Waals surface area contributed by atoms with Crippen molar-refractivity contribution < 1.29 is 4.43 Å². The summed E-state index contributed by atoms with van der Waals surface area (Å²) >= 11 is 0. The summed E-state index contributed by atoms with van der Waals surface area (Å²) in [7, 11) is 6.99. The van der Waals surface area contributed by atoms with Crippen molar-refractivity contribution >= 4 is 8.32 Å². The molecule has 0 atom stereocenters. The van der Waals surface area contributed by atoms with E-state index in [9.17, 15) is 0 Å². The third kappa shape index (κ3) is 2.19. The molecule has 14 heavy (non-hydrogen) atoms. The first-order chi connectivity index (χ1) is 6.30. The van der Waals surface area contributed by atoms with Crippen LogP contribution in [0.1, 0.15) is 12.8 Å². The first-order valence-corrected chi connectivity index (χ1v) is 8.47. The highest BCUT2D eigenvalue weighted by molar-refractivity contribution is 6.71. The summed E-state index contributed by atoms with van der Waals surface area (Å²) < 4.78 is 6.38. The highest BCUT2D eigenvalue weighted by atomic mass is 28.4. The van der Waals surface area contributed by atoms with E-state index < -0.39 is 8.32 Å². The van der Waals surface area contributed by atoms with Gasteiger partial charge < -0.3 is 4.43 Å². The van der Waals surface area contributed by atoms with Crippen LogP contribution in [0.2, 0.25) is 19.1 Å². The maximum absolute atomic E-state index is 6.38. The van der Waals surface area contributed by atoms with E-state index >= 15 is 0 Å². The quantitative estimate of drug-likeness (QED) is 0.517. The van der Waals surface area contributed by atoms with Gasteiger partial charge in [-0.05, 0) is 53.7 Å². The maximum atomic E-state index is 6.38.